The third kappa shape index (κ3) is 5.63. The van der Waals surface area contributed by atoms with E-state index < -0.39 is 11.9 Å². The van der Waals surface area contributed by atoms with Crippen LogP contribution in [-0.2, 0) is 19.0 Å². The molecule has 0 aromatic heterocycles. The maximum absolute atomic E-state index is 12.2. The van der Waals surface area contributed by atoms with Gasteiger partial charge in [0.25, 0.3) is 0 Å². The Morgan fingerprint density at radius 3 is 2.33 bits per heavy atom. The fourth-order valence-electron chi connectivity index (χ4n) is 2.46. The highest BCUT2D eigenvalue weighted by Gasteiger charge is 2.33. The minimum absolute atomic E-state index is 0.145. The molecule has 0 radical (unpaired) electrons. The largest absolute Gasteiger partial charge is 0.444 e. The Balaban J connectivity index is 2.69. The molecule has 0 aliphatic carbocycles. The molecule has 6 nitrogen and oxygen atoms in total. The SMILES string of the molecule is COC(OC)C(=O)C[C@@H]1CCCCN1C(=O)OC(C)(C)C. The molecular formula is C15H27NO5. The molecular weight excluding hydrogens is 274 g/mol. The first kappa shape index (κ1) is 17.9. The minimum atomic E-state index is -0.868. The van der Waals surface area contributed by atoms with Gasteiger partial charge in [-0.1, -0.05) is 0 Å². The van der Waals surface area contributed by atoms with Crippen molar-refractivity contribution in [1.82, 2.24) is 4.90 Å². The second kappa shape index (κ2) is 7.75. The quantitative estimate of drug-likeness (QED) is 0.729. The van der Waals surface area contributed by atoms with Gasteiger partial charge in [-0.05, 0) is 40.0 Å². The molecule has 6 heteroatoms. The number of methoxy groups -OCH3 is 2. The van der Waals surface area contributed by atoms with Crippen molar-refractivity contribution in [2.45, 2.75) is 64.4 Å². The molecule has 1 atom stereocenters. The van der Waals surface area contributed by atoms with Gasteiger partial charge < -0.3 is 19.1 Å². The number of nitrogens with zero attached hydrogens (tertiary/aromatic N) is 1. The average Bonchev–Trinajstić information content (AvgIpc) is 2.38. The number of hydrogen-bond acceptors (Lipinski definition) is 5. The van der Waals surface area contributed by atoms with Gasteiger partial charge in [-0.3, -0.25) is 4.79 Å². The highest BCUT2D eigenvalue weighted by molar-refractivity contribution is 5.83. The zero-order valence-electron chi connectivity index (χ0n) is 13.7. The number of likely N-dealkylation sites (tertiary alicyclic amines) is 1. The topological polar surface area (TPSA) is 65.1 Å². The Labute approximate surface area is 126 Å². The van der Waals surface area contributed by atoms with E-state index >= 15 is 0 Å². The van der Waals surface area contributed by atoms with Crippen molar-refractivity contribution >= 4 is 11.9 Å². The van der Waals surface area contributed by atoms with Gasteiger partial charge in [-0.15, -0.1) is 0 Å². The van der Waals surface area contributed by atoms with Gasteiger partial charge >= 0.3 is 6.09 Å². The zero-order chi connectivity index (χ0) is 16.0. The molecule has 0 aromatic carbocycles. The molecule has 0 unspecified atom stereocenters. The van der Waals surface area contributed by atoms with Gasteiger partial charge in [-0.2, -0.15) is 0 Å². The van der Waals surface area contributed by atoms with Crippen molar-refractivity contribution < 1.29 is 23.8 Å². The van der Waals surface area contributed by atoms with E-state index in [0.717, 1.165) is 19.3 Å². The Hall–Kier alpha value is -1.14. The number of carbonyl (C=O) groups excluding carboxylic acids is 2. The van der Waals surface area contributed by atoms with Crippen molar-refractivity contribution in [2.75, 3.05) is 20.8 Å². The van der Waals surface area contributed by atoms with Crippen LogP contribution in [0.25, 0.3) is 0 Å². The van der Waals surface area contributed by atoms with Gasteiger partial charge in [0.05, 0.1) is 0 Å². The monoisotopic (exact) mass is 301 g/mol. The summed E-state index contributed by atoms with van der Waals surface area (Å²) in [5, 5.41) is 0. The standard InChI is InChI=1S/C15H27NO5/c1-15(2,3)21-14(18)16-9-7-6-8-11(16)10-12(17)13(19-4)20-5/h11,13H,6-10H2,1-5H3/t11-/m0/s1. The lowest BCUT2D eigenvalue weighted by molar-refractivity contribution is -0.158. The van der Waals surface area contributed by atoms with Crippen molar-refractivity contribution in [2.24, 2.45) is 0 Å². The number of hydrogen-bond donors (Lipinski definition) is 0. The first-order valence-electron chi connectivity index (χ1n) is 7.36. The first-order valence-corrected chi connectivity index (χ1v) is 7.36. The molecule has 1 fully saturated rings. The van der Waals surface area contributed by atoms with E-state index in [-0.39, 0.29) is 24.3 Å². The van der Waals surface area contributed by atoms with Crippen LogP contribution in [0.15, 0.2) is 0 Å². The van der Waals surface area contributed by atoms with Crippen molar-refractivity contribution in [1.29, 1.82) is 0 Å². The van der Waals surface area contributed by atoms with Gasteiger partial charge in [0.1, 0.15) is 5.60 Å². The molecule has 0 aromatic rings. The number of ether oxygens (including phenoxy) is 3. The molecule has 1 heterocycles. The summed E-state index contributed by atoms with van der Waals surface area (Å²) >= 11 is 0. The lowest BCUT2D eigenvalue weighted by atomic mass is 9.97. The molecule has 0 spiro atoms. The van der Waals surface area contributed by atoms with E-state index in [1.54, 1.807) is 4.90 Å². The van der Waals surface area contributed by atoms with Crippen molar-refractivity contribution in [3.05, 3.63) is 0 Å². The summed E-state index contributed by atoms with van der Waals surface area (Å²) in [7, 11) is 2.86. The summed E-state index contributed by atoms with van der Waals surface area (Å²) < 4.78 is 15.4. The highest BCUT2D eigenvalue weighted by atomic mass is 16.7. The number of piperidine rings is 1. The van der Waals surface area contributed by atoms with E-state index in [1.807, 2.05) is 20.8 Å². The zero-order valence-corrected chi connectivity index (χ0v) is 13.7. The maximum Gasteiger partial charge on any atom is 0.410 e. The molecule has 1 aliphatic heterocycles. The van der Waals surface area contributed by atoms with E-state index in [0.29, 0.717) is 6.54 Å². The highest BCUT2D eigenvalue weighted by Crippen LogP contribution is 2.23. The fourth-order valence-corrected chi connectivity index (χ4v) is 2.46. The summed E-state index contributed by atoms with van der Waals surface area (Å²) in [6.07, 6.45) is 1.74. The fraction of sp³-hybridized carbons (Fsp3) is 0.867. The molecule has 0 bridgehead atoms. The van der Waals surface area contributed by atoms with Gasteiger partial charge in [0.15, 0.2) is 5.78 Å². The number of carbonyl (C=O) groups is 2. The number of ketones is 1. The molecule has 1 aliphatic rings. The molecule has 1 saturated heterocycles. The van der Waals surface area contributed by atoms with Crippen molar-refractivity contribution in [3.8, 4) is 0 Å². The van der Waals surface area contributed by atoms with E-state index in [2.05, 4.69) is 0 Å². The first-order chi connectivity index (χ1) is 9.78. The summed E-state index contributed by atoms with van der Waals surface area (Å²) in [5.74, 6) is -0.152. The summed E-state index contributed by atoms with van der Waals surface area (Å²) in [6, 6.07) is -0.145. The second-order valence-electron chi connectivity index (χ2n) is 6.30. The lowest BCUT2D eigenvalue weighted by Gasteiger charge is -2.36. The van der Waals surface area contributed by atoms with Crippen molar-refractivity contribution in [3.63, 3.8) is 0 Å². The molecule has 21 heavy (non-hydrogen) atoms. The summed E-state index contributed by atoms with van der Waals surface area (Å²) in [4.78, 5) is 26.0. The Kier molecular flexibility index (Phi) is 6.61. The van der Waals surface area contributed by atoms with Crippen LogP contribution in [0.5, 0.6) is 0 Å². The third-order valence-corrected chi connectivity index (χ3v) is 3.38. The molecule has 122 valence electrons. The van der Waals surface area contributed by atoms with Gasteiger partial charge in [-0.25, -0.2) is 4.79 Å². The second-order valence-corrected chi connectivity index (χ2v) is 6.30. The lowest BCUT2D eigenvalue weighted by Crippen LogP contribution is -2.47. The van der Waals surface area contributed by atoms with E-state index in [1.165, 1.54) is 14.2 Å². The van der Waals surface area contributed by atoms with E-state index in [4.69, 9.17) is 14.2 Å². The molecule has 1 amide bonds. The van der Waals surface area contributed by atoms with Crippen LogP contribution >= 0.6 is 0 Å². The van der Waals surface area contributed by atoms with E-state index in [9.17, 15) is 9.59 Å². The minimum Gasteiger partial charge on any atom is -0.444 e. The number of amides is 1. The number of rotatable bonds is 5. The Morgan fingerprint density at radius 1 is 1.19 bits per heavy atom. The van der Waals surface area contributed by atoms with Gasteiger partial charge in [0, 0.05) is 33.2 Å². The molecule has 0 saturated carbocycles. The Morgan fingerprint density at radius 2 is 1.81 bits per heavy atom. The predicted molar refractivity (Wildman–Crippen MR) is 78.0 cm³/mol. The third-order valence-electron chi connectivity index (χ3n) is 3.38. The summed E-state index contributed by atoms with van der Waals surface area (Å²) in [5.41, 5.74) is -0.537. The smallest absolute Gasteiger partial charge is 0.410 e. The molecule has 1 rings (SSSR count). The summed E-state index contributed by atoms with van der Waals surface area (Å²) in [6.45, 7) is 6.13. The average molecular weight is 301 g/mol. The van der Waals surface area contributed by atoms with Crippen LogP contribution in [0.1, 0.15) is 46.5 Å². The van der Waals surface area contributed by atoms with Crippen LogP contribution in [0.2, 0.25) is 0 Å². The van der Waals surface area contributed by atoms with Crippen LogP contribution in [-0.4, -0.2) is 55.5 Å². The van der Waals surface area contributed by atoms with Gasteiger partial charge in [0.2, 0.25) is 6.29 Å². The van der Waals surface area contributed by atoms with Crippen LogP contribution in [0, 0.1) is 0 Å². The van der Waals surface area contributed by atoms with Crippen LogP contribution in [0.3, 0.4) is 0 Å². The Bertz CT molecular complexity index is 360. The normalized spacial score (nSPS) is 19.7. The van der Waals surface area contributed by atoms with Crippen LogP contribution < -0.4 is 0 Å². The molecule has 0 N–H and O–H groups in total. The number of Topliss-reactive ketones (excluding diaryl/α,β-unsaturated/α-hetero) is 1. The maximum atomic E-state index is 12.2. The predicted octanol–water partition coefficient (Wildman–Crippen LogP) is 2.35. The van der Waals surface area contributed by atoms with Crippen LogP contribution in [0.4, 0.5) is 4.79 Å².